The molecule has 0 saturated heterocycles. The summed E-state index contributed by atoms with van der Waals surface area (Å²) in [4.78, 5) is 4.37. The molecule has 2 aromatic heterocycles. The molecule has 3 rings (SSSR count). The third-order valence-electron chi connectivity index (χ3n) is 3.41. The molecule has 0 atom stereocenters. The van der Waals surface area contributed by atoms with E-state index in [1.165, 1.54) is 0 Å². The summed E-state index contributed by atoms with van der Waals surface area (Å²) in [6, 6.07) is 9.56. The van der Waals surface area contributed by atoms with E-state index in [9.17, 15) is 0 Å². The first kappa shape index (κ1) is 14.3. The molecule has 1 aromatic carbocycles. The maximum Gasteiger partial charge on any atom is 0.132 e. The number of hydrogen-bond acceptors (Lipinski definition) is 5. The summed E-state index contributed by atoms with van der Waals surface area (Å²) in [5.74, 6) is 1.14. The number of ether oxygens (including phenoxy) is 1. The SMILES string of the molecule is Nc1cc(OCCCCO)c2ccc(-c3ccn[nH]3)cc2n1. The number of aliphatic hydroxyl groups is 1. The van der Waals surface area contributed by atoms with Gasteiger partial charge in [0, 0.05) is 29.8 Å². The molecule has 0 aliphatic heterocycles. The van der Waals surface area contributed by atoms with Gasteiger partial charge in [-0.15, -0.1) is 0 Å². The Morgan fingerprint density at radius 1 is 1.18 bits per heavy atom. The Morgan fingerprint density at radius 2 is 2.09 bits per heavy atom. The Labute approximate surface area is 127 Å². The number of anilines is 1. The molecule has 0 fully saturated rings. The normalized spacial score (nSPS) is 11.0. The van der Waals surface area contributed by atoms with Crippen molar-refractivity contribution in [2.24, 2.45) is 0 Å². The number of hydrogen-bond donors (Lipinski definition) is 3. The maximum absolute atomic E-state index is 8.81. The van der Waals surface area contributed by atoms with Crippen LogP contribution in [0.25, 0.3) is 22.2 Å². The van der Waals surface area contributed by atoms with E-state index in [1.54, 1.807) is 12.3 Å². The smallest absolute Gasteiger partial charge is 0.132 e. The maximum atomic E-state index is 8.81. The highest BCUT2D eigenvalue weighted by Gasteiger charge is 2.08. The number of unbranched alkanes of at least 4 members (excludes halogenated alkanes) is 1. The number of nitrogen functional groups attached to an aromatic ring is 1. The number of H-pyrrole nitrogens is 1. The van der Waals surface area contributed by atoms with E-state index >= 15 is 0 Å². The first-order chi connectivity index (χ1) is 10.8. The Morgan fingerprint density at radius 3 is 2.86 bits per heavy atom. The lowest BCUT2D eigenvalue weighted by atomic mass is 10.1. The molecule has 22 heavy (non-hydrogen) atoms. The number of rotatable bonds is 6. The van der Waals surface area contributed by atoms with E-state index < -0.39 is 0 Å². The van der Waals surface area contributed by atoms with Crippen molar-refractivity contribution < 1.29 is 9.84 Å². The van der Waals surface area contributed by atoms with Crippen molar-refractivity contribution in [2.45, 2.75) is 12.8 Å². The molecule has 0 aliphatic carbocycles. The van der Waals surface area contributed by atoms with E-state index in [0.29, 0.717) is 12.4 Å². The van der Waals surface area contributed by atoms with Gasteiger partial charge in [-0.25, -0.2) is 4.98 Å². The molecule has 0 radical (unpaired) electrons. The van der Waals surface area contributed by atoms with Gasteiger partial charge in [0.25, 0.3) is 0 Å². The fraction of sp³-hybridized carbons (Fsp3) is 0.250. The lowest BCUT2D eigenvalue weighted by Crippen LogP contribution is -2.01. The Kier molecular flexibility index (Phi) is 4.20. The second-order valence-corrected chi connectivity index (χ2v) is 5.03. The topological polar surface area (TPSA) is 97.0 Å². The van der Waals surface area contributed by atoms with Gasteiger partial charge >= 0.3 is 0 Å². The molecule has 0 spiro atoms. The second-order valence-electron chi connectivity index (χ2n) is 5.03. The van der Waals surface area contributed by atoms with Crippen LogP contribution in [0.1, 0.15) is 12.8 Å². The van der Waals surface area contributed by atoms with Crippen LogP contribution in [0.15, 0.2) is 36.5 Å². The fourth-order valence-corrected chi connectivity index (χ4v) is 2.32. The Bertz CT molecular complexity index is 756. The lowest BCUT2D eigenvalue weighted by molar-refractivity contribution is 0.254. The van der Waals surface area contributed by atoms with Crippen molar-refractivity contribution in [3.05, 3.63) is 36.5 Å². The Hall–Kier alpha value is -2.60. The molecule has 2 heterocycles. The highest BCUT2D eigenvalue weighted by Crippen LogP contribution is 2.30. The van der Waals surface area contributed by atoms with Gasteiger partial charge in [0.2, 0.25) is 0 Å². The lowest BCUT2D eigenvalue weighted by Gasteiger charge is -2.10. The summed E-state index contributed by atoms with van der Waals surface area (Å²) in [5.41, 5.74) is 8.58. The number of nitrogens with zero attached hydrogens (tertiary/aromatic N) is 2. The minimum absolute atomic E-state index is 0.177. The van der Waals surface area contributed by atoms with E-state index in [4.69, 9.17) is 15.6 Å². The summed E-state index contributed by atoms with van der Waals surface area (Å²) in [6.45, 7) is 0.720. The largest absolute Gasteiger partial charge is 0.493 e. The molecule has 0 unspecified atom stereocenters. The van der Waals surface area contributed by atoms with Gasteiger partial charge in [0.15, 0.2) is 0 Å². The van der Waals surface area contributed by atoms with Crippen molar-refractivity contribution in [2.75, 3.05) is 18.9 Å². The van der Waals surface area contributed by atoms with E-state index in [-0.39, 0.29) is 6.61 Å². The number of fused-ring (bicyclic) bond motifs is 1. The molecular weight excluding hydrogens is 280 g/mol. The number of benzene rings is 1. The van der Waals surface area contributed by atoms with E-state index in [1.807, 2.05) is 24.3 Å². The number of nitrogens with one attached hydrogen (secondary N) is 1. The van der Waals surface area contributed by atoms with Gasteiger partial charge in [0.1, 0.15) is 11.6 Å². The van der Waals surface area contributed by atoms with Crippen molar-refractivity contribution >= 4 is 16.7 Å². The highest BCUT2D eigenvalue weighted by molar-refractivity contribution is 5.89. The average molecular weight is 298 g/mol. The third-order valence-corrected chi connectivity index (χ3v) is 3.41. The first-order valence-corrected chi connectivity index (χ1v) is 7.21. The number of aliphatic hydroxyl groups excluding tert-OH is 1. The second kappa shape index (κ2) is 6.44. The van der Waals surface area contributed by atoms with Crippen LogP contribution >= 0.6 is 0 Å². The summed E-state index contributed by atoms with van der Waals surface area (Å²) >= 11 is 0. The van der Waals surface area contributed by atoms with Crippen LogP contribution in [0.2, 0.25) is 0 Å². The summed E-state index contributed by atoms with van der Waals surface area (Å²) in [7, 11) is 0. The van der Waals surface area contributed by atoms with Crippen LogP contribution < -0.4 is 10.5 Å². The molecule has 114 valence electrons. The van der Waals surface area contributed by atoms with Gasteiger partial charge in [-0.05, 0) is 31.0 Å². The molecule has 6 nitrogen and oxygen atoms in total. The number of aromatic nitrogens is 3. The molecule has 4 N–H and O–H groups in total. The van der Waals surface area contributed by atoms with Crippen LogP contribution in [0.4, 0.5) is 5.82 Å². The van der Waals surface area contributed by atoms with Gasteiger partial charge in [-0.3, -0.25) is 5.10 Å². The fourth-order valence-electron chi connectivity index (χ4n) is 2.32. The number of aromatic amines is 1. The summed E-state index contributed by atoms with van der Waals surface area (Å²) in [6.07, 6.45) is 3.23. The predicted molar refractivity (Wildman–Crippen MR) is 85.6 cm³/mol. The molecule has 3 aromatic rings. The molecular formula is C16H18N4O2. The minimum atomic E-state index is 0.177. The van der Waals surface area contributed by atoms with Gasteiger partial charge in [-0.1, -0.05) is 6.07 Å². The number of nitrogens with two attached hydrogens (primary N) is 1. The van der Waals surface area contributed by atoms with Crippen molar-refractivity contribution in [3.8, 4) is 17.0 Å². The van der Waals surface area contributed by atoms with Crippen LogP contribution in [-0.4, -0.2) is 33.5 Å². The zero-order valence-electron chi connectivity index (χ0n) is 12.1. The zero-order chi connectivity index (χ0) is 15.4. The molecule has 0 aliphatic rings. The van der Waals surface area contributed by atoms with E-state index in [2.05, 4.69) is 15.2 Å². The van der Waals surface area contributed by atoms with Crippen molar-refractivity contribution in [1.29, 1.82) is 0 Å². The van der Waals surface area contributed by atoms with Crippen LogP contribution in [0.3, 0.4) is 0 Å². The average Bonchev–Trinajstić information content (AvgIpc) is 3.05. The number of pyridine rings is 1. The third kappa shape index (κ3) is 3.01. The van der Waals surface area contributed by atoms with Gasteiger partial charge in [-0.2, -0.15) is 5.10 Å². The van der Waals surface area contributed by atoms with Crippen LogP contribution in [0, 0.1) is 0 Å². The Balaban J connectivity index is 1.92. The molecule has 0 saturated carbocycles. The van der Waals surface area contributed by atoms with Crippen molar-refractivity contribution in [1.82, 2.24) is 15.2 Å². The molecule has 0 amide bonds. The predicted octanol–water partition coefficient (Wildman–Crippen LogP) is 2.36. The van der Waals surface area contributed by atoms with Crippen LogP contribution in [-0.2, 0) is 0 Å². The molecule has 0 bridgehead atoms. The quantitative estimate of drug-likeness (QED) is 0.607. The molecule has 6 heteroatoms. The first-order valence-electron chi connectivity index (χ1n) is 7.21. The summed E-state index contributed by atoms with van der Waals surface area (Å²) < 4.78 is 5.78. The minimum Gasteiger partial charge on any atom is -0.493 e. The van der Waals surface area contributed by atoms with Crippen molar-refractivity contribution in [3.63, 3.8) is 0 Å². The summed E-state index contributed by atoms with van der Waals surface area (Å²) in [5, 5.41) is 16.6. The zero-order valence-corrected chi connectivity index (χ0v) is 12.1. The highest BCUT2D eigenvalue weighted by atomic mass is 16.5. The van der Waals surface area contributed by atoms with Gasteiger partial charge in [0.05, 0.1) is 17.8 Å². The monoisotopic (exact) mass is 298 g/mol. The standard InChI is InChI=1S/C16H18N4O2/c17-16-10-15(22-8-2-1-7-21)12-4-3-11(9-14(12)19-16)13-5-6-18-20-13/h3-6,9-10,21H,1-2,7-8H2,(H2,17,19)(H,18,20). The van der Waals surface area contributed by atoms with Gasteiger partial charge < -0.3 is 15.6 Å². The van der Waals surface area contributed by atoms with Crippen LogP contribution in [0.5, 0.6) is 5.75 Å². The van der Waals surface area contributed by atoms with E-state index in [0.717, 1.165) is 40.8 Å².